The van der Waals surface area contributed by atoms with Crippen LogP contribution in [0.5, 0.6) is 0 Å². The zero-order chi connectivity index (χ0) is 12.4. The van der Waals surface area contributed by atoms with Crippen molar-refractivity contribution in [1.29, 1.82) is 0 Å². The third-order valence-electron chi connectivity index (χ3n) is 2.90. The fourth-order valence-electron chi connectivity index (χ4n) is 1.80. The van der Waals surface area contributed by atoms with Gasteiger partial charge in [-0.05, 0) is 13.1 Å². The van der Waals surface area contributed by atoms with Crippen LogP contribution in [0, 0.1) is 0 Å². The van der Waals surface area contributed by atoms with Gasteiger partial charge in [0.2, 0.25) is 0 Å². The normalized spacial score (nSPS) is 16.2. The van der Waals surface area contributed by atoms with Gasteiger partial charge in [-0.1, -0.05) is 11.6 Å². The van der Waals surface area contributed by atoms with E-state index in [1.165, 1.54) is 12.3 Å². The molecule has 0 spiro atoms. The van der Waals surface area contributed by atoms with Gasteiger partial charge < -0.3 is 14.9 Å². The van der Waals surface area contributed by atoms with E-state index in [9.17, 15) is 4.79 Å². The second-order valence-corrected chi connectivity index (χ2v) is 4.53. The molecule has 2 rings (SSSR count). The summed E-state index contributed by atoms with van der Waals surface area (Å²) in [5.74, 6) is -0.340. The molecule has 7 heteroatoms. The second-order valence-electron chi connectivity index (χ2n) is 4.12. The van der Waals surface area contributed by atoms with Crippen LogP contribution in [0.3, 0.4) is 0 Å². The summed E-state index contributed by atoms with van der Waals surface area (Å²) >= 11 is 5.78. The van der Waals surface area contributed by atoms with Crippen molar-refractivity contribution in [2.45, 2.75) is 0 Å². The first-order chi connectivity index (χ1) is 8.08. The lowest BCUT2D eigenvalue weighted by atomic mass is 10.2. The van der Waals surface area contributed by atoms with Crippen LogP contribution >= 0.6 is 24.0 Å². The van der Waals surface area contributed by atoms with E-state index in [4.69, 9.17) is 16.7 Å². The van der Waals surface area contributed by atoms with Gasteiger partial charge in [0.15, 0.2) is 0 Å². The molecule has 2 heterocycles. The third kappa shape index (κ3) is 3.25. The Balaban J connectivity index is 0.00000162. The summed E-state index contributed by atoms with van der Waals surface area (Å²) < 4.78 is 0. The van der Waals surface area contributed by atoms with Gasteiger partial charge in [-0.2, -0.15) is 0 Å². The number of carboxylic acids is 1. The Labute approximate surface area is 117 Å². The Kier molecular flexibility index (Phi) is 5.19. The van der Waals surface area contributed by atoms with Crippen molar-refractivity contribution < 1.29 is 9.90 Å². The van der Waals surface area contributed by atoms with Crippen molar-refractivity contribution >= 4 is 35.8 Å². The van der Waals surface area contributed by atoms with Crippen LogP contribution in [0.25, 0.3) is 0 Å². The number of aromatic carboxylic acids is 1. The lowest BCUT2D eigenvalue weighted by Crippen LogP contribution is -2.44. The molecule has 1 aromatic heterocycles. The highest BCUT2D eigenvalue weighted by atomic mass is 35.5. The van der Waals surface area contributed by atoms with Crippen molar-refractivity contribution in [1.82, 2.24) is 9.88 Å². The molecule has 0 saturated carbocycles. The number of likely N-dealkylation sites (N-methyl/N-ethyl adjacent to an activating group) is 1. The molecule has 1 aliphatic heterocycles. The van der Waals surface area contributed by atoms with Gasteiger partial charge in [0.05, 0.1) is 10.6 Å². The number of halogens is 2. The highest BCUT2D eigenvalue weighted by Gasteiger charge is 2.18. The van der Waals surface area contributed by atoms with E-state index in [0.717, 1.165) is 26.2 Å². The minimum Gasteiger partial charge on any atom is -0.478 e. The Morgan fingerprint density at radius 1 is 1.39 bits per heavy atom. The molecule has 0 aromatic carbocycles. The molecule has 1 aliphatic rings. The lowest BCUT2D eigenvalue weighted by Gasteiger charge is -2.33. The van der Waals surface area contributed by atoms with Crippen LogP contribution in [-0.2, 0) is 0 Å². The summed E-state index contributed by atoms with van der Waals surface area (Å²) in [6.45, 7) is 3.60. The molecule has 0 atom stereocenters. The van der Waals surface area contributed by atoms with Gasteiger partial charge >= 0.3 is 5.97 Å². The van der Waals surface area contributed by atoms with Crippen molar-refractivity contribution in [2.75, 3.05) is 38.1 Å². The van der Waals surface area contributed by atoms with Crippen LogP contribution in [0.15, 0.2) is 12.3 Å². The predicted molar refractivity (Wildman–Crippen MR) is 73.2 cm³/mol. The number of rotatable bonds is 2. The first kappa shape index (κ1) is 15.0. The van der Waals surface area contributed by atoms with E-state index in [1.54, 1.807) is 0 Å². The van der Waals surface area contributed by atoms with Crippen LogP contribution in [-0.4, -0.2) is 54.2 Å². The quantitative estimate of drug-likeness (QED) is 0.897. The van der Waals surface area contributed by atoms with E-state index in [1.807, 2.05) is 0 Å². The molecule has 5 nitrogen and oxygen atoms in total. The largest absolute Gasteiger partial charge is 0.478 e. The molecule has 0 unspecified atom stereocenters. The summed E-state index contributed by atoms with van der Waals surface area (Å²) in [7, 11) is 2.06. The average Bonchev–Trinajstić information content (AvgIpc) is 2.30. The number of carboxylic acid groups (broad SMARTS) is 1. The summed E-state index contributed by atoms with van der Waals surface area (Å²) in [5, 5.41) is 9.17. The SMILES string of the molecule is CN1CCN(c2cc(C(=O)O)c(Cl)cn2)CC1.Cl. The number of pyridine rings is 1. The van der Waals surface area contributed by atoms with E-state index < -0.39 is 5.97 Å². The van der Waals surface area contributed by atoms with Gasteiger partial charge in [0.25, 0.3) is 0 Å². The Bertz CT molecular complexity index is 434. The number of anilines is 1. The first-order valence-corrected chi connectivity index (χ1v) is 5.78. The first-order valence-electron chi connectivity index (χ1n) is 5.40. The van der Waals surface area contributed by atoms with Gasteiger partial charge in [-0.15, -0.1) is 12.4 Å². The molecular formula is C11H15Cl2N3O2. The molecule has 1 N–H and O–H groups in total. The highest BCUT2D eigenvalue weighted by molar-refractivity contribution is 6.33. The topological polar surface area (TPSA) is 56.7 Å². The number of hydrogen-bond donors (Lipinski definition) is 1. The number of piperazine rings is 1. The van der Waals surface area contributed by atoms with E-state index in [2.05, 4.69) is 21.8 Å². The van der Waals surface area contributed by atoms with E-state index in [0.29, 0.717) is 5.82 Å². The maximum absolute atomic E-state index is 11.0. The monoisotopic (exact) mass is 291 g/mol. The van der Waals surface area contributed by atoms with Gasteiger partial charge in [-0.25, -0.2) is 9.78 Å². The molecule has 1 saturated heterocycles. The zero-order valence-electron chi connectivity index (χ0n) is 9.97. The van der Waals surface area contributed by atoms with Crippen LogP contribution < -0.4 is 4.90 Å². The van der Waals surface area contributed by atoms with Crippen molar-refractivity contribution in [3.05, 3.63) is 22.8 Å². The average molecular weight is 292 g/mol. The summed E-state index contributed by atoms with van der Waals surface area (Å²) in [4.78, 5) is 19.5. The lowest BCUT2D eigenvalue weighted by molar-refractivity contribution is 0.0697. The molecule has 100 valence electrons. The predicted octanol–water partition coefficient (Wildman–Crippen LogP) is 1.61. The molecule has 0 amide bonds. The van der Waals surface area contributed by atoms with E-state index >= 15 is 0 Å². The number of carbonyl (C=O) groups is 1. The molecule has 0 aliphatic carbocycles. The molecule has 1 aromatic rings. The maximum Gasteiger partial charge on any atom is 0.337 e. The molecule has 0 radical (unpaired) electrons. The fraction of sp³-hybridized carbons (Fsp3) is 0.455. The number of aromatic nitrogens is 1. The Morgan fingerprint density at radius 3 is 2.56 bits per heavy atom. The summed E-state index contributed by atoms with van der Waals surface area (Å²) in [6, 6.07) is 1.54. The molecule has 18 heavy (non-hydrogen) atoms. The van der Waals surface area contributed by atoms with Crippen molar-refractivity contribution in [3.8, 4) is 0 Å². The standard InChI is InChI=1S/C11H14ClN3O2.ClH/c1-14-2-4-15(5-3-14)10-6-8(11(16)17)9(12)7-13-10;/h6-7H,2-5H2,1H3,(H,16,17);1H. The Morgan fingerprint density at radius 2 is 2.00 bits per heavy atom. The van der Waals surface area contributed by atoms with E-state index in [-0.39, 0.29) is 23.0 Å². The molecular weight excluding hydrogens is 277 g/mol. The van der Waals surface area contributed by atoms with Crippen molar-refractivity contribution in [3.63, 3.8) is 0 Å². The molecule has 0 bridgehead atoms. The fourth-order valence-corrected chi connectivity index (χ4v) is 1.98. The van der Waals surface area contributed by atoms with Crippen molar-refractivity contribution in [2.24, 2.45) is 0 Å². The smallest absolute Gasteiger partial charge is 0.337 e. The summed E-state index contributed by atoms with van der Waals surface area (Å²) in [5.41, 5.74) is 0.107. The minimum absolute atomic E-state index is 0. The molecule has 1 fully saturated rings. The minimum atomic E-state index is -1.02. The van der Waals surface area contributed by atoms with Crippen LogP contribution in [0.2, 0.25) is 5.02 Å². The third-order valence-corrected chi connectivity index (χ3v) is 3.20. The second kappa shape index (κ2) is 6.22. The Hall–Kier alpha value is -1.04. The van der Waals surface area contributed by atoms with Gasteiger partial charge in [0.1, 0.15) is 5.82 Å². The highest BCUT2D eigenvalue weighted by Crippen LogP contribution is 2.21. The van der Waals surface area contributed by atoms with Crippen LogP contribution in [0.4, 0.5) is 5.82 Å². The number of hydrogen-bond acceptors (Lipinski definition) is 4. The number of nitrogens with zero attached hydrogens (tertiary/aromatic N) is 3. The summed E-state index contributed by atoms with van der Waals surface area (Å²) in [6.07, 6.45) is 1.40. The van der Waals surface area contributed by atoms with Crippen LogP contribution in [0.1, 0.15) is 10.4 Å². The van der Waals surface area contributed by atoms with Gasteiger partial charge in [-0.3, -0.25) is 0 Å². The van der Waals surface area contributed by atoms with Gasteiger partial charge in [0, 0.05) is 32.4 Å². The maximum atomic E-state index is 11.0. The zero-order valence-corrected chi connectivity index (χ0v) is 11.5.